The second-order valence-electron chi connectivity index (χ2n) is 9.69. The van der Waals surface area contributed by atoms with E-state index in [-0.39, 0.29) is 5.69 Å². The molecule has 3 heterocycles. The van der Waals surface area contributed by atoms with E-state index in [0.29, 0.717) is 34.8 Å². The maximum Gasteiger partial charge on any atom is 0.416 e. The molecule has 0 spiro atoms. The molecule has 0 saturated carbocycles. The van der Waals surface area contributed by atoms with Crippen molar-refractivity contribution in [2.45, 2.75) is 19.6 Å². The standard InChI is InChI=1S/C31H25F4N5O2/c1-18-10-25(32)27(39-30(41)28-12-22(8-9-36-28)31(33,34)35)13-24(18)20-11-21-16-38-29(14-26(21)37-15-20)40(2)17-19-4-6-23(42-3)7-5-19/h4-16H,17H2,1-3H3,(H,39,41). The van der Waals surface area contributed by atoms with Gasteiger partial charge in [0.25, 0.3) is 5.91 Å². The Morgan fingerprint density at radius 2 is 1.74 bits per heavy atom. The normalized spacial score (nSPS) is 11.4. The van der Waals surface area contributed by atoms with Crippen LogP contribution in [0.15, 0.2) is 79.3 Å². The number of nitrogens with one attached hydrogen (secondary N) is 1. The molecule has 5 aromatic rings. The fraction of sp³-hybridized carbons (Fsp3) is 0.161. The SMILES string of the molecule is COc1ccc(CN(C)c2cc3ncc(-c4cc(NC(=O)c5cc(C(F)(F)F)ccn5)c(F)cc4C)cc3cn2)cc1. The molecule has 0 aliphatic heterocycles. The van der Waals surface area contributed by atoms with Gasteiger partial charge < -0.3 is 15.0 Å². The number of pyridine rings is 3. The number of hydrogen-bond acceptors (Lipinski definition) is 6. The van der Waals surface area contributed by atoms with Gasteiger partial charge in [0, 0.05) is 49.2 Å². The van der Waals surface area contributed by atoms with Crippen LogP contribution in [-0.2, 0) is 12.7 Å². The molecule has 11 heteroatoms. The number of carbonyl (C=O) groups excluding carboxylic acids is 1. The zero-order valence-corrected chi connectivity index (χ0v) is 22.8. The minimum Gasteiger partial charge on any atom is -0.497 e. The van der Waals surface area contributed by atoms with E-state index >= 15 is 0 Å². The third kappa shape index (κ3) is 6.14. The van der Waals surface area contributed by atoms with E-state index in [1.807, 2.05) is 48.3 Å². The van der Waals surface area contributed by atoms with Crippen LogP contribution in [0.4, 0.5) is 29.1 Å². The van der Waals surface area contributed by atoms with Crippen LogP contribution in [-0.4, -0.2) is 35.0 Å². The van der Waals surface area contributed by atoms with E-state index in [4.69, 9.17) is 4.74 Å². The summed E-state index contributed by atoms with van der Waals surface area (Å²) >= 11 is 0. The Bertz CT molecular complexity index is 1770. The maximum atomic E-state index is 14.8. The first-order valence-corrected chi connectivity index (χ1v) is 12.8. The van der Waals surface area contributed by atoms with Crippen LogP contribution in [0.2, 0.25) is 0 Å². The summed E-state index contributed by atoms with van der Waals surface area (Å²) in [6.45, 7) is 2.33. The third-order valence-corrected chi connectivity index (χ3v) is 6.71. The molecule has 214 valence electrons. The van der Waals surface area contributed by atoms with Crippen LogP contribution >= 0.6 is 0 Å². The van der Waals surface area contributed by atoms with Gasteiger partial charge in [-0.1, -0.05) is 12.1 Å². The molecule has 7 nitrogen and oxygen atoms in total. The number of aromatic nitrogens is 3. The van der Waals surface area contributed by atoms with Gasteiger partial charge in [0.2, 0.25) is 0 Å². The van der Waals surface area contributed by atoms with Crippen molar-refractivity contribution >= 4 is 28.3 Å². The number of benzene rings is 2. The number of fused-ring (bicyclic) bond motifs is 1. The van der Waals surface area contributed by atoms with Gasteiger partial charge in [0.1, 0.15) is 23.1 Å². The van der Waals surface area contributed by atoms with Crippen molar-refractivity contribution in [3.05, 3.63) is 107 Å². The summed E-state index contributed by atoms with van der Waals surface area (Å²) in [5.74, 6) is -0.202. The molecule has 0 aliphatic carbocycles. The first kappa shape index (κ1) is 28.5. The predicted molar refractivity (Wildman–Crippen MR) is 152 cm³/mol. The van der Waals surface area contributed by atoms with Crippen molar-refractivity contribution < 1.29 is 27.1 Å². The van der Waals surface area contributed by atoms with E-state index in [2.05, 4.69) is 20.3 Å². The van der Waals surface area contributed by atoms with Gasteiger partial charge in [-0.2, -0.15) is 13.2 Å². The van der Waals surface area contributed by atoms with Gasteiger partial charge in [-0.15, -0.1) is 0 Å². The largest absolute Gasteiger partial charge is 0.497 e. The summed E-state index contributed by atoms with van der Waals surface area (Å²) in [4.78, 5) is 27.5. The molecule has 0 saturated heterocycles. The van der Waals surface area contributed by atoms with Crippen molar-refractivity contribution in [1.29, 1.82) is 0 Å². The number of methoxy groups -OCH3 is 1. The summed E-state index contributed by atoms with van der Waals surface area (Å²) in [6.07, 6.45) is -0.432. The van der Waals surface area contributed by atoms with Crippen molar-refractivity contribution in [1.82, 2.24) is 15.0 Å². The molecule has 1 N–H and O–H groups in total. The van der Waals surface area contributed by atoms with Crippen molar-refractivity contribution in [3.8, 4) is 16.9 Å². The van der Waals surface area contributed by atoms with Crippen LogP contribution in [0.5, 0.6) is 5.75 Å². The maximum absolute atomic E-state index is 14.8. The van der Waals surface area contributed by atoms with Gasteiger partial charge in [-0.05, 0) is 66.1 Å². The highest BCUT2D eigenvalue weighted by molar-refractivity contribution is 6.03. The van der Waals surface area contributed by atoms with Crippen LogP contribution in [0.1, 0.15) is 27.2 Å². The quantitative estimate of drug-likeness (QED) is 0.210. The molecule has 5 rings (SSSR count). The number of amides is 1. The smallest absolute Gasteiger partial charge is 0.416 e. The number of halogens is 4. The third-order valence-electron chi connectivity index (χ3n) is 6.71. The summed E-state index contributed by atoms with van der Waals surface area (Å²) in [5, 5.41) is 3.08. The molecule has 3 aromatic heterocycles. The summed E-state index contributed by atoms with van der Waals surface area (Å²) < 4.78 is 59.2. The van der Waals surface area contributed by atoms with E-state index < -0.39 is 29.2 Å². The Morgan fingerprint density at radius 1 is 0.976 bits per heavy atom. The average molecular weight is 576 g/mol. The minimum absolute atomic E-state index is 0.200. The molecular formula is C31H25F4N5O2. The summed E-state index contributed by atoms with van der Waals surface area (Å²) in [6, 6.07) is 15.5. The van der Waals surface area contributed by atoms with Crippen LogP contribution in [0, 0.1) is 12.7 Å². The fourth-order valence-electron chi connectivity index (χ4n) is 4.45. The van der Waals surface area contributed by atoms with Crippen molar-refractivity contribution in [2.75, 3.05) is 24.4 Å². The first-order valence-electron chi connectivity index (χ1n) is 12.8. The van der Waals surface area contributed by atoms with Gasteiger partial charge in [-0.25, -0.2) is 9.37 Å². The van der Waals surface area contributed by atoms with Crippen molar-refractivity contribution in [3.63, 3.8) is 0 Å². The number of ether oxygens (including phenoxy) is 1. The Hall–Kier alpha value is -5.06. The Balaban J connectivity index is 1.38. The number of aryl methyl sites for hydroxylation is 1. The number of carbonyl (C=O) groups is 1. The van der Waals surface area contributed by atoms with E-state index in [0.717, 1.165) is 34.8 Å². The first-order chi connectivity index (χ1) is 20.0. The Labute approximate surface area is 238 Å². The van der Waals surface area contributed by atoms with Gasteiger partial charge in [0.15, 0.2) is 0 Å². The zero-order chi connectivity index (χ0) is 30.0. The second kappa shape index (κ2) is 11.4. The average Bonchev–Trinajstić information content (AvgIpc) is 2.98. The predicted octanol–water partition coefficient (Wildman–Crippen LogP) is 7.06. The van der Waals surface area contributed by atoms with Gasteiger partial charge >= 0.3 is 6.18 Å². The lowest BCUT2D eigenvalue weighted by Gasteiger charge is -2.19. The van der Waals surface area contributed by atoms with Gasteiger partial charge in [0.05, 0.1) is 23.9 Å². The summed E-state index contributed by atoms with van der Waals surface area (Å²) in [7, 11) is 3.55. The van der Waals surface area contributed by atoms with Crippen LogP contribution < -0.4 is 15.0 Å². The highest BCUT2D eigenvalue weighted by atomic mass is 19.4. The number of nitrogens with zero attached hydrogens (tertiary/aromatic N) is 4. The number of alkyl halides is 3. The molecule has 0 bridgehead atoms. The molecule has 0 aliphatic rings. The molecule has 1 amide bonds. The van der Waals surface area contributed by atoms with Gasteiger partial charge in [-0.3, -0.25) is 14.8 Å². The zero-order valence-electron chi connectivity index (χ0n) is 22.8. The fourth-order valence-corrected chi connectivity index (χ4v) is 4.45. The lowest BCUT2D eigenvalue weighted by atomic mass is 10.00. The van der Waals surface area contributed by atoms with Crippen molar-refractivity contribution in [2.24, 2.45) is 0 Å². The van der Waals surface area contributed by atoms with E-state index in [9.17, 15) is 22.4 Å². The Morgan fingerprint density at radius 3 is 2.45 bits per heavy atom. The highest BCUT2D eigenvalue weighted by Gasteiger charge is 2.31. The second-order valence-corrected chi connectivity index (χ2v) is 9.69. The number of anilines is 2. The molecule has 0 fully saturated rings. The molecule has 0 unspecified atom stereocenters. The Kier molecular flexibility index (Phi) is 7.75. The molecule has 0 atom stereocenters. The summed E-state index contributed by atoms with van der Waals surface area (Å²) in [5.41, 5.74) is 1.88. The minimum atomic E-state index is -4.65. The van der Waals surface area contributed by atoms with E-state index in [1.54, 1.807) is 26.4 Å². The monoisotopic (exact) mass is 575 g/mol. The molecule has 2 aromatic carbocycles. The molecular weight excluding hydrogens is 550 g/mol. The lowest BCUT2D eigenvalue weighted by Crippen LogP contribution is -2.17. The number of hydrogen-bond donors (Lipinski definition) is 1. The highest BCUT2D eigenvalue weighted by Crippen LogP contribution is 2.32. The topological polar surface area (TPSA) is 80.2 Å². The lowest BCUT2D eigenvalue weighted by molar-refractivity contribution is -0.137. The molecule has 42 heavy (non-hydrogen) atoms. The molecule has 0 radical (unpaired) electrons. The van der Waals surface area contributed by atoms with E-state index in [1.165, 1.54) is 12.1 Å². The van der Waals surface area contributed by atoms with Crippen LogP contribution in [0.25, 0.3) is 22.0 Å². The van der Waals surface area contributed by atoms with Crippen LogP contribution in [0.3, 0.4) is 0 Å². The number of rotatable bonds is 7.